The molecule has 1 N–H and O–H groups in total. The lowest BCUT2D eigenvalue weighted by molar-refractivity contribution is 0.235. The second-order valence-corrected chi connectivity index (χ2v) is 4.43. The Balaban J connectivity index is 3.66. The molecule has 2 heteroatoms. The summed E-state index contributed by atoms with van der Waals surface area (Å²) in [6, 6.07) is 0. The molecule has 0 rings (SSSR count). The molecule has 0 spiro atoms. The summed E-state index contributed by atoms with van der Waals surface area (Å²) in [4.78, 5) is 2.22. The smallest absolute Gasteiger partial charge is 0.0576 e. The number of hydrogen-bond acceptors (Lipinski definition) is 2. The van der Waals surface area contributed by atoms with Crippen molar-refractivity contribution in [1.82, 2.24) is 10.2 Å². The number of rotatable bonds is 5. The summed E-state index contributed by atoms with van der Waals surface area (Å²) in [5.74, 6) is 5.87. The topological polar surface area (TPSA) is 15.3 Å². The van der Waals surface area contributed by atoms with Crippen LogP contribution in [0, 0.1) is 17.3 Å². The van der Waals surface area contributed by atoms with Gasteiger partial charge in [-0.05, 0) is 26.4 Å². The first-order chi connectivity index (χ1) is 5.98. The minimum Gasteiger partial charge on any atom is -0.309 e. The standard InChI is InChI=1S/C11H22N2/c1-6-7-8-12-9-11(2,3)10-13(4)5/h12H,8-10H2,1-5H3. The van der Waals surface area contributed by atoms with E-state index in [9.17, 15) is 0 Å². The summed E-state index contributed by atoms with van der Waals surface area (Å²) in [6.07, 6.45) is 0. The van der Waals surface area contributed by atoms with Gasteiger partial charge < -0.3 is 10.2 Å². The molecule has 0 saturated carbocycles. The Labute approximate surface area is 82.7 Å². The van der Waals surface area contributed by atoms with E-state index in [0.29, 0.717) is 5.41 Å². The second kappa shape index (κ2) is 6.01. The first-order valence-corrected chi connectivity index (χ1v) is 4.73. The molecule has 0 bridgehead atoms. The first-order valence-electron chi connectivity index (χ1n) is 4.73. The van der Waals surface area contributed by atoms with Gasteiger partial charge in [-0.15, -0.1) is 5.92 Å². The van der Waals surface area contributed by atoms with E-state index in [0.717, 1.165) is 19.6 Å². The largest absolute Gasteiger partial charge is 0.309 e. The third-order valence-corrected chi connectivity index (χ3v) is 1.74. The number of hydrogen-bond donors (Lipinski definition) is 1. The predicted octanol–water partition coefficient (Wildman–Crippen LogP) is 1.19. The van der Waals surface area contributed by atoms with Crippen LogP contribution in [0.3, 0.4) is 0 Å². The van der Waals surface area contributed by atoms with Gasteiger partial charge >= 0.3 is 0 Å². The van der Waals surface area contributed by atoms with Gasteiger partial charge in [0.1, 0.15) is 0 Å². The molecule has 0 aromatic rings. The van der Waals surface area contributed by atoms with Crippen molar-refractivity contribution in [3.05, 3.63) is 0 Å². The summed E-state index contributed by atoms with van der Waals surface area (Å²) in [7, 11) is 4.21. The molecule has 0 aliphatic rings. The second-order valence-electron chi connectivity index (χ2n) is 4.43. The molecular formula is C11H22N2. The molecule has 0 fully saturated rings. The van der Waals surface area contributed by atoms with Crippen LogP contribution in [-0.4, -0.2) is 38.6 Å². The normalized spacial score (nSPS) is 11.2. The molecule has 0 amide bonds. The first kappa shape index (κ1) is 12.5. The van der Waals surface area contributed by atoms with Crippen LogP contribution in [0.5, 0.6) is 0 Å². The minimum absolute atomic E-state index is 0.318. The molecule has 0 radical (unpaired) electrons. The van der Waals surface area contributed by atoms with Crippen LogP contribution in [0.25, 0.3) is 0 Å². The van der Waals surface area contributed by atoms with Gasteiger partial charge in [0, 0.05) is 13.1 Å². The molecule has 0 saturated heterocycles. The van der Waals surface area contributed by atoms with Gasteiger partial charge in [0.2, 0.25) is 0 Å². The lowest BCUT2D eigenvalue weighted by atomic mass is 9.93. The van der Waals surface area contributed by atoms with Gasteiger partial charge in [-0.3, -0.25) is 0 Å². The van der Waals surface area contributed by atoms with Crippen LogP contribution in [0.4, 0.5) is 0 Å². The number of nitrogens with zero attached hydrogens (tertiary/aromatic N) is 1. The van der Waals surface area contributed by atoms with Crippen LogP contribution in [-0.2, 0) is 0 Å². The van der Waals surface area contributed by atoms with E-state index >= 15 is 0 Å². The third kappa shape index (κ3) is 7.83. The molecule has 13 heavy (non-hydrogen) atoms. The Hall–Kier alpha value is -0.520. The molecule has 0 aromatic heterocycles. The highest BCUT2D eigenvalue weighted by atomic mass is 15.1. The fourth-order valence-corrected chi connectivity index (χ4v) is 1.46. The summed E-state index contributed by atoms with van der Waals surface area (Å²) < 4.78 is 0. The van der Waals surface area contributed by atoms with Gasteiger partial charge in [0.15, 0.2) is 0 Å². The molecule has 0 atom stereocenters. The van der Waals surface area contributed by atoms with E-state index in [1.165, 1.54) is 0 Å². The molecule has 0 unspecified atom stereocenters. The minimum atomic E-state index is 0.318. The number of nitrogens with one attached hydrogen (secondary N) is 1. The Bertz CT molecular complexity index is 184. The fraction of sp³-hybridized carbons (Fsp3) is 0.818. The van der Waals surface area contributed by atoms with E-state index < -0.39 is 0 Å². The fourth-order valence-electron chi connectivity index (χ4n) is 1.46. The maximum Gasteiger partial charge on any atom is 0.0576 e. The van der Waals surface area contributed by atoms with Crippen LogP contribution in [0.1, 0.15) is 20.8 Å². The van der Waals surface area contributed by atoms with Gasteiger partial charge in [-0.1, -0.05) is 19.8 Å². The van der Waals surface area contributed by atoms with Gasteiger partial charge in [0.05, 0.1) is 6.54 Å². The van der Waals surface area contributed by atoms with E-state index in [1.54, 1.807) is 0 Å². The predicted molar refractivity (Wildman–Crippen MR) is 58.7 cm³/mol. The van der Waals surface area contributed by atoms with Crippen molar-refractivity contribution in [2.45, 2.75) is 20.8 Å². The molecule has 0 aliphatic heterocycles. The maximum absolute atomic E-state index is 3.33. The van der Waals surface area contributed by atoms with E-state index in [2.05, 4.69) is 50.0 Å². The lowest BCUT2D eigenvalue weighted by Crippen LogP contribution is -2.37. The molecule has 76 valence electrons. The summed E-state index contributed by atoms with van der Waals surface area (Å²) in [5, 5.41) is 3.33. The van der Waals surface area contributed by atoms with Crippen LogP contribution < -0.4 is 5.32 Å². The van der Waals surface area contributed by atoms with Crippen molar-refractivity contribution < 1.29 is 0 Å². The Morgan fingerprint density at radius 3 is 2.38 bits per heavy atom. The average Bonchev–Trinajstić information content (AvgIpc) is 1.95. The van der Waals surface area contributed by atoms with E-state index in [4.69, 9.17) is 0 Å². The van der Waals surface area contributed by atoms with Crippen molar-refractivity contribution in [3.8, 4) is 11.8 Å². The van der Waals surface area contributed by atoms with Crippen LogP contribution in [0.2, 0.25) is 0 Å². The van der Waals surface area contributed by atoms with Crippen molar-refractivity contribution in [2.24, 2.45) is 5.41 Å². The average molecular weight is 182 g/mol. The Kier molecular flexibility index (Phi) is 5.77. The van der Waals surface area contributed by atoms with Crippen molar-refractivity contribution in [2.75, 3.05) is 33.7 Å². The van der Waals surface area contributed by atoms with E-state index in [1.807, 2.05) is 6.92 Å². The third-order valence-electron chi connectivity index (χ3n) is 1.74. The zero-order valence-corrected chi connectivity index (χ0v) is 9.57. The Morgan fingerprint density at radius 1 is 1.31 bits per heavy atom. The molecule has 0 heterocycles. The quantitative estimate of drug-likeness (QED) is 0.507. The van der Waals surface area contributed by atoms with Gasteiger partial charge in [-0.2, -0.15) is 0 Å². The maximum atomic E-state index is 3.33. The van der Waals surface area contributed by atoms with Crippen molar-refractivity contribution >= 4 is 0 Å². The lowest BCUT2D eigenvalue weighted by Gasteiger charge is -2.28. The zero-order chi connectivity index (χ0) is 10.3. The highest BCUT2D eigenvalue weighted by Gasteiger charge is 2.17. The molecule has 2 nitrogen and oxygen atoms in total. The Morgan fingerprint density at radius 2 is 1.92 bits per heavy atom. The monoisotopic (exact) mass is 182 g/mol. The summed E-state index contributed by atoms with van der Waals surface area (Å²) in [6.45, 7) is 9.30. The summed E-state index contributed by atoms with van der Waals surface area (Å²) in [5.41, 5.74) is 0.318. The molecule has 0 aromatic carbocycles. The SMILES string of the molecule is CC#CCNCC(C)(C)CN(C)C. The van der Waals surface area contributed by atoms with Crippen molar-refractivity contribution in [1.29, 1.82) is 0 Å². The zero-order valence-electron chi connectivity index (χ0n) is 9.57. The highest BCUT2D eigenvalue weighted by Crippen LogP contribution is 2.13. The molecular weight excluding hydrogens is 160 g/mol. The van der Waals surface area contributed by atoms with Gasteiger partial charge in [-0.25, -0.2) is 0 Å². The summed E-state index contributed by atoms with van der Waals surface area (Å²) >= 11 is 0. The van der Waals surface area contributed by atoms with E-state index in [-0.39, 0.29) is 0 Å². The van der Waals surface area contributed by atoms with Crippen LogP contribution in [0.15, 0.2) is 0 Å². The molecule has 0 aliphatic carbocycles. The van der Waals surface area contributed by atoms with Crippen molar-refractivity contribution in [3.63, 3.8) is 0 Å². The highest BCUT2D eigenvalue weighted by molar-refractivity contribution is 4.97. The van der Waals surface area contributed by atoms with Crippen LogP contribution >= 0.6 is 0 Å². The van der Waals surface area contributed by atoms with Gasteiger partial charge in [0.25, 0.3) is 0 Å².